The highest BCUT2D eigenvalue weighted by Crippen LogP contribution is 2.37. The van der Waals surface area contributed by atoms with E-state index < -0.39 is 0 Å². The molecule has 13 heavy (non-hydrogen) atoms. The Kier molecular flexibility index (Phi) is 2.79. The molecule has 2 fully saturated rings. The highest BCUT2D eigenvalue weighted by Gasteiger charge is 2.40. The Hall–Kier alpha value is -0.220. The summed E-state index contributed by atoms with van der Waals surface area (Å²) in [5, 5.41) is 0.719. The average Bonchev–Trinajstić information content (AvgIpc) is 2.74. The van der Waals surface area contributed by atoms with E-state index in [1.54, 1.807) is 7.11 Å². The lowest BCUT2D eigenvalue weighted by Gasteiger charge is -2.26. The summed E-state index contributed by atoms with van der Waals surface area (Å²) in [6.45, 7) is 1.53. The van der Waals surface area contributed by atoms with Gasteiger partial charge in [0, 0.05) is 30.7 Å². The molecule has 0 saturated carbocycles. The molecule has 4 heteroatoms. The van der Waals surface area contributed by atoms with Crippen LogP contribution in [0.15, 0.2) is 0 Å². The van der Waals surface area contributed by atoms with E-state index in [1.807, 2.05) is 16.7 Å². The van der Waals surface area contributed by atoms with Crippen LogP contribution in [0.25, 0.3) is 0 Å². The van der Waals surface area contributed by atoms with E-state index in [0.29, 0.717) is 19.1 Å². The van der Waals surface area contributed by atoms with Crippen molar-refractivity contribution >= 4 is 17.7 Å². The first kappa shape index (κ1) is 9.34. The van der Waals surface area contributed by atoms with Crippen molar-refractivity contribution in [3.63, 3.8) is 0 Å². The Balaban J connectivity index is 1.84. The van der Waals surface area contributed by atoms with Gasteiger partial charge in [-0.25, -0.2) is 0 Å². The van der Waals surface area contributed by atoms with Gasteiger partial charge in [0.2, 0.25) is 5.91 Å². The van der Waals surface area contributed by atoms with Crippen LogP contribution in [-0.4, -0.2) is 48.1 Å². The number of methoxy groups -OCH3 is 1. The van der Waals surface area contributed by atoms with Gasteiger partial charge in [-0.05, 0) is 6.42 Å². The van der Waals surface area contributed by atoms with Crippen molar-refractivity contribution in [2.24, 2.45) is 0 Å². The normalized spacial score (nSPS) is 31.3. The maximum Gasteiger partial charge on any atom is 0.225 e. The first-order valence-corrected chi connectivity index (χ1v) is 5.76. The minimum absolute atomic E-state index is 0.273. The summed E-state index contributed by atoms with van der Waals surface area (Å²) in [7, 11) is 1.64. The molecule has 2 heterocycles. The molecule has 1 amide bonds. The molecule has 2 aliphatic heterocycles. The van der Waals surface area contributed by atoms with Gasteiger partial charge in [0.25, 0.3) is 0 Å². The Morgan fingerprint density at radius 3 is 3.08 bits per heavy atom. The Morgan fingerprint density at radius 2 is 2.54 bits per heavy atom. The molecule has 0 aromatic heterocycles. The molecule has 0 N–H and O–H groups in total. The van der Waals surface area contributed by atoms with Crippen LogP contribution in [0.1, 0.15) is 12.8 Å². The number of ether oxygens (including phenoxy) is 1. The van der Waals surface area contributed by atoms with Crippen LogP contribution in [0.4, 0.5) is 0 Å². The number of amides is 1. The van der Waals surface area contributed by atoms with E-state index in [4.69, 9.17) is 4.74 Å². The van der Waals surface area contributed by atoms with E-state index in [2.05, 4.69) is 0 Å². The monoisotopic (exact) mass is 201 g/mol. The maximum absolute atomic E-state index is 11.6. The molecule has 2 aliphatic rings. The number of likely N-dealkylation sites (tertiary alicyclic amines) is 1. The number of rotatable bonds is 3. The van der Waals surface area contributed by atoms with Gasteiger partial charge >= 0.3 is 0 Å². The fourth-order valence-corrected chi connectivity index (χ4v) is 3.47. The highest BCUT2D eigenvalue weighted by molar-refractivity contribution is 8.00. The number of thioether (sulfide) groups is 1. The third-order valence-corrected chi connectivity index (χ3v) is 4.13. The van der Waals surface area contributed by atoms with E-state index in [1.165, 1.54) is 6.42 Å². The molecule has 2 bridgehead atoms. The second-order valence-electron chi connectivity index (χ2n) is 3.63. The summed E-state index contributed by atoms with van der Waals surface area (Å²) in [6, 6.07) is 0.527. The summed E-state index contributed by atoms with van der Waals surface area (Å²) < 4.78 is 4.90. The molecule has 74 valence electrons. The lowest BCUT2D eigenvalue weighted by atomic mass is 10.2. The van der Waals surface area contributed by atoms with Crippen LogP contribution in [0.5, 0.6) is 0 Å². The summed E-state index contributed by atoms with van der Waals surface area (Å²) in [5.74, 6) is 1.42. The van der Waals surface area contributed by atoms with Gasteiger partial charge in [-0.1, -0.05) is 0 Å². The van der Waals surface area contributed by atoms with Crippen molar-refractivity contribution in [3.05, 3.63) is 0 Å². The minimum Gasteiger partial charge on any atom is -0.384 e. The zero-order valence-corrected chi connectivity index (χ0v) is 8.68. The van der Waals surface area contributed by atoms with Crippen molar-refractivity contribution in [1.82, 2.24) is 4.90 Å². The van der Waals surface area contributed by atoms with Crippen LogP contribution in [0.2, 0.25) is 0 Å². The van der Waals surface area contributed by atoms with E-state index in [0.717, 1.165) is 17.5 Å². The van der Waals surface area contributed by atoms with Gasteiger partial charge in [0.15, 0.2) is 0 Å². The summed E-state index contributed by atoms with van der Waals surface area (Å²) >= 11 is 2.01. The first-order valence-electron chi connectivity index (χ1n) is 4.71. The highest BCUT2D eigenvalue weighted by atomic mass is 32.2. The molecule has 2 atom stereocenters. The standard InChI is InChI=1S/C9H15NO2S/c1-12-3-2-9(11)10-5-8-4-7(10)6-13-8/h7-8H,2-6H2,1H3. The van der Waals surface area contributed by atoms with Gasteiger partial charge in [-0.15, -0.1) is 0 Å². The Labute approximate surface area is 82.8 Å². The quantitative estimate of drug-likeness (QED) is 0.674. The van der Waals surface area contributed by atoms with E-state index in [9.17, 15) is 4.79 Å². The van der Waals surface area contributed by atoms with Gasteiger partial charge < -0.3 is 9.64 Å². The topological polar surface area (TPSA) is 29.5 Å². The fraction of sp³-hybridized carbons (Fsp3) is 0.889. The van der Waals surface area contributed by atoms with E-state index in [-0.39, 0.29) is 5.91 Å². The molecule has 2 rings (SSSR count). The largest absolute Gasteiger partial charge is 0.384 e. The van der Waals surface area contributed by atoms with Crippen LogP contribution < -0.4 is 0 Å². The number of carbonyl (C=O) groups is 1. The van der Waals surface area contributed by atoms with Crippen molar-refractivity contribution < 1.29 is 9.53 Å². The summed E-state index contributed by atoms with van der Waals surface area (Å²) in [5.41, 5.74) is 0. The third-order valence-electron chi connectivity index (χ3n) is 2.74. The fourth-order valence-electron chi connectivity index (χ4n) is 2.04. The second-order valence-corrected chi connectivity index (χ2v) is 4.97. The lowest BCUT2D eigenvalue weighted by Crippen LogP contribution is -2.39. The number of hydrogen-bond donors (Lipinski definition) is 0. The number of hydrogen-bond acceptors (Lipinski definition) is 3. The van der Waals surface area contributed by atoms with Crippen molar-refractivity contribution in [3.8, 4) is 0 Å². The van der Waals surface area contributed by atoms with Crippen LogP contribution in [0, 0.1) is 0 Å². The number of fused-ring (bicyclic) bond motifs is 2. The lowest BCUT2D eigenvalue weighted by molar-refractivity contribution is -0.132. The molecule has 0 aliphatic carbocycles. The smallest absolute Gasteiger partial charge is 0.225 e. The SMILES string of the molecule is COCCC(=O)N1CC2CC1CS2. The summed E-state index contributed by atoms with van der Waals surface area (Å²) in [6.07, 6.45) is 1.76. The second kappa shape index (κ2) is 3.88. The maximum atomic E-state index is 11.6. The van der Waals surface area contributed by atoms with Gasteiger partial charge in [-0.3, -0.25) is 4.79 Å². The number of carbonyl (C=O) groups excluding carboxylic acids is 1. The molecular formula is C9H15NO2S. The molecular weight excluding hydrogens is 186 g/mol. The molecule has 2 unspecified atom stereocenters. The molecule has 3 nitrogen and oxygen atoms in total. The minimum atomic E-state index is 0.273. The number of nitrogens with zero attached hydrogens (tertiary/aromatic N) is 1. The predicted molar refractivity (Wildman–Crippen MR) is 52.9 cm³/mol. The van der Waals surface area contributed by atoms with Crippen molar-refractivity contribution in [2.45, 2.75) is 24.1 Å². The van der Waals surface area contributed by atoms with Crippen molar-refractivity contribution in [2.75, 3.05) is 26.0 Å². The van der Waals surface area contributed by atoms with Gasteiger partial charge in [0.05, 0.1) is 13.0 Å². The van der Waals surface area contributed by atoms with Crippen molar-refractivity contribution in [1.29, 1.82) is 0 Å². The molecule has 0 aromatic rings. The predicted octanol–water partition coefficient (Wildman–Crippen LogP) is 0.739. The first-order chi connectivity index (χ1) is 6.31. The molecule has 0 aromatic carbocycles. The van der Waals surface area contributed by atoms with Crippen LogP contribution >= 0.6 is 11.8 Å². The average molecular weight is 201 g/mol. The van der Waals surface area contributed by atoms with Crippen LogP contribution in [0.3, 0.4) is 0 Å². The molecule has 0 radical (unpaired) electrons. The molecule has 2 saturated heterocycles. The Bertz CT molecular complexity index is 210. The molecule has 0 spiro atoms. The van der Waals surface area contributed by atoms with Crippen LogP contribution in [-0.2, 0) is 9.53 Å². The van der Waals surface area contributed by atoms with E-state index >= 15 is 0 Å². The Morgan fingerprint density at radius 1 is 1.69 bits per heavy atom. The van der Waals surface area contributed by atoms with Gasteiger partial charge in [-0.2, -0.15) is 11.8 Å². The zero-order valence-electron chi connectivity index (χ0n) is 7.86. The third kappa shape index (κ3) is 1.83. The van der Waals surface area contributed by atoms with Gasteiger partial charge in [0.1, 0.15) is 0 Å². The zero-order chi connectivity index (χ0) is 9.26. The summed E-state index contributed by atoms with van der Waals surface area (Å²) in [4.78, 5) is 13.7.